The summed E-state index contributed by atoms with van der Waals surface area (Å²) in [6.45, 7) is 7.21. The van der Waals surface area contributed by atoms with Crippen LogP contribution in [0.15, 0.2) is 24.3 Å². The van der Waals surface area contributed by atoms with Gasteiger partial charge in [-0.25, -0.2) is 0 Å². The molecule has 1 rings (SSSR count). The van der Waals surface area contributed by atoms with E-state index in [1.54, 1.807) is 0 Å². The van der Waals surface area contributed by atoms with Gasteiger partial charge in [0.1, 0.15) is 0 Å². The van der Waals surface area contributed by atoms with Gasteiger partial charge in [-0.15, -0.1) is 0 Å². The Labute approximate surface area is 114 Å². The van der Waals surface area contributed by atoms with Gasteiger partial charge in [-0.05, 0) is 36.7 Å². The molecule has 1 unspecified atom stereocenters. The van der Waals surface area contributed by atoms with Crippen molar-refractivity contribution in [1.82, 2.24) is 10.6 Å². The third-order valence-corrected chi connectivity index (χ3v) is 3.00. The maximum Gasteiger partial charge on any atom is 0.166 e. The Morgan fingerprint density at radius 2 is 1.94 bits per heavy atom. The molecular weight excluding hydrogens is 252 g/mol. The second-order valence-corrected chi connectivity index (χ2v) is 5.31. The highest BCUT2D eigenvalue weighted by Gasteiger charge is 2.09. The van der Waals surface area contributed by atoms with Gasteiger partial charge in [0.2, 0.25) is 0 Å². The molecule has 0 bridgehead atoms. The van der Waals surface area contributed by atoms with Gasteiger partial charge in [-0.1, -0.05) is 43.6 Å². The quantitative estimate of drug-likeness (QED) is 0.819. The van der Waals surface area contributed by atoms with E-state index in [0.717, 1.165) is 17.1 Å². The van der Waals surface area contributed by atoms with Crippen LogP contribution < -0.4 is 10.6 Å². The number of rotatable bonds is 4. The minimum Gasteiger partial charge on any atom is -0.362 e. The molecule has 0 amide bonds. The topological polar surface area (TPSA) is 24.1 Å². The van der Waals surface area contributed by atoms with Crippen LogP contribution in [0.5, 0.6) is 0 Å². The molecule has 0 aliphatic heterocycles. The standard InChI is InChI=1S/C13H19ClN2S/c1-9(2)8-15-13(17)16-10(3)11-6-4-5-7-12(11)14/h4-7,9-10H,8H2,1-3H3,(H2,15,16,17). The molecule has 4 heteroatoms. The van der Waals surface area contributed by atoms with Crippen LogP contribution in [-0.2, 0) is 0 Å². The molecule has 1 aromatic rings. The lowest BCUT2D eigenvalue weighted by Gasteiger charge is -2.19. The fraction of sp³-hybridized carbons (Fsp3) is 0.462. The van der Waals surface area contributed by atoms with Crippen molar-refractivity contribution in [3.63, 3.8) is 0 Å². The minimum atomic E-state index is 0.107. The summed E-state index contributed by atoms with van der Waals surface area (Å²) in [6.07, 6.45) is 0. The Hall–Kier alpha value is -0.800. The van der Waals surface area contributed by atoms with Crippen molar-refractivity contribution in [2.24, 2.45) is 5.92 Å². The molecule has 0 saturated carbocycles. The zero-order valence-electron chi connectivity index (χ0n) is 10.5. The first-order chi connectivity index (χ1) is 8.00. The zero-order chi connectivity index (χ0) is 12.8. The highest BCUT2D eigenvalue weighted by atomic mass is 35.5. The van der Waals surface area contributed by atoms with Gasteiger partial charge in [0, 0.05) is 11.6 Å². The van der Waals surface area contributed by atoms with Gasteiger partial charge in [0.25, 0.3) is 0 Å². The fourth-order valence-electron chi connectivity index (χ4n) is 1.45. The maximum absolute atomic E-state index is 6.13. The molecule has 1 aromatic carbocycles. The molecule has 0 radical (unpaired) electrons. The molecule has 0 saturated heterocycles. The van der Waals surface area contributed by atoms with E-state index in [4.69, 9.17) is 23.8 Å². The van der Waals surface area contributed by atoms with Crippen LogP contribution in [0.4, 0.5) is 0 Å². The lowest BCUT2D eigenvalue weighted by atomic mass is 10.1. The summed E-state index contributed by atoms with van der Waals surface area (Å²) in [7, 11) is 0. The smallest absolute Gasteiger partial charge is 0.166 e. The summed E-state index contributed by atoms with van der Waals surface area (Å²) in [6, 6.07) is 7.90. The van der Waals surface area contributed by atoms with Crippen molar-refractivity contribution >= 4 is 28.9 Å². The monoisotopic (exact) mass is 270 g/mol. The third-order valence-electron chi connectivity index (χ3n) is 2.39. The lowest BCUT2D eigenvalue weighted by molar-refractivity contribution is 0.609. The van der Waals surface area contributed by atoms with Crippen LogP contribution >= 0.6 is 23.8 Å². The second-order valence-electron chi connectivity index (χ2n) is 4.49. The number of nitrogens with one attached hydrogen (secondary N) is 2. The van der Waals surface area contributed by atoms with Gasteiger partial charge >= 0.3 is 0 Å². The molecular formula is C13H19ClN2S. The number of hydrogen-bond donors (Lipinski definition) is 2. The Kier molecular flexibility index (Phi) is 5.72. The normalized spacial score (nSPS) is 12.3. The largest absolute Gasteiger partial charge is 0.362 e. The fourth-order valence-corrected chi connectivity index (χ4v) is 2.01. The number of hydrogen-bond acceptors (Lipinski definition) is 1. The third kappa shape index (κ3) is 4.92. The molecule has 0 aromatic heterocycles. The summed E-state index contributed by atoms with van der Waals surface area (Å²) < 4.78 is 0. The molecule has 0 aliphatic rings. The Morgan fingerprint density at radius 1 is 1.29 bits per heavy atom. The van der Waals surface area contributed by atoms with Gasteiger partial charge in [-0.3, -0.25) is 0 Å². The van der Waals surface area contributed by atoms with E-state index in [0.29, 0.717) is 11.0 Å². The van der Waals surface area contributed by atoms with Crippen molar-refractivity contribution in [2.45, 2.75) is 26.8 Å². The van der Waals surface area contributed by atoms with E-state index in [1.807, 2.05) is 31.2 Å². The highest BCUT2D eigenvalue weighted by molar-refractivity contribution is 7.80. The first-order valence-electron chi connectivity index (χ1n) is 5.79. The summed E-state index contributed by atoms with van der Waals surface area (Å²) in [4.78, 5) is 0. The second kappa shape index (κ2) is 6.82. The SMILES string of the molecule is CC(C)CNC(=S)NC(C)c1ccccc1Cl. The molecule has 2 nitrogen and oxygen atoms in total. The number of benzene rings is 1. The molecule has 0 fully saturated rings. The van der Waals surface area contributed by atoms with E-state index in [1.165, 1.54) is 0 Å². The van der Waals surface area contributed by atoms with Crippen LogP contribution in [0.25, 0.3) is 0 Å². The van der Waals surface area contributed by atoms with Crippen molar-refractivity contribution in [3.05, 3.63) is 34.9 Å². The average molecular weight is 271 g/mol. The Bertz CT molecular complexity index is 379. The zero-order valence-corrected chi connectivity index (χ0v) is 12.0. The molecule has 17 heavy (non-hydrogen) atoms. The maximum atomic E-state index is 6.13. The Balaban J connectivity index is 2.52. The van der Waals surface area contributed by atoms with Crippen LogP contribution in [-0.4, -0.2) is 11.7 Å². The molecule has 0 spiro atoms. The first-order valence-corrected chi connectivity index (χ1v) is 6.58. The highest BCUT2D eigenvalue weighted by Crippen LogP contribution is 2.21. The molecule has 0 heterocycles. The van der Waals surface area contributed by atoms with E-state index in [9.17, 15) is 0 Å². The molecule has 1 atom stereocenters. The van der Waals surface area contributed by atoms with E-state index in [-0.39, 0.29) is 6.04 Å². The van der Waals surface area contributed by atoms with Gasteiger partial charge < -0.3 is 10.6 Å². The van der Waals surface area contributed by atoms with Crippen molar-refractivity contribution in [1.29, 1.82) is 0 Å². The Morgan fingerprint density at radius 3 is 2.53 bits per heavy atom. The molecule has 2 N–H and O–H groups in total. The number of thiocarbonyl (C=S) groups is 1. The van der Waals surface area contributed by atoms with E-state index < -0.39 is 0 Å². The predicted molar refractivity (Wildman–Crippen MR) is 78.4 cm³/mol. The van der Waals surface area contributed by atoms with Crippen LogP contribution in [0.3, 0.4) is 0 Å². The van der Waals surface area contributed by atoms with Crippen LogP contribution in [0, 0.1) is 5.92 Å². The van der Waals surface area contributed by atoms with Gasteiger partial charge in [-0.2, -0.15) is 0 Å². The molecule has 0 aliphatic carbocycles. The van der Waals surface area contributed by atoms with Crippen molar-refractivity contribution < 1.29 is 0 Å². The average Bonchev–Trinajstić information content (AvgIpc) is 2.26. The summed E-state index contributed by atoms with van der Waals surface area (Å²) in [5.74, 6) is 0.574. The van der Waals surface area contributed by atoms with Crippen LogP contribution in [0.1, 0.15) is 32.4 Å². The van der Waals surface area contributed by atoms with E-state index >= 15 is 0 Å². The molecule has 94 valence electrons. The predicted octanol–water partition coefficient (Wildman–Crippen LogP) is 3.52. The van der Waals surface area contributed by atoms with Crippen LogP contribution in [0.2, 0.25) is 5.02 Å². The summed E-state index contributed by atoms with van der Waals surface area (Å²) in [5, 5.41) is 7.84. The summed E-state index contributed by atoms with van der Waals surface area (Å²) in [5.41, 5.74) is 1.06. The van der Waals surface area contributed by atoms with E-state index in [2.05, 4.69) is 24.5 Å². The van der Waals surface area contributed by atoms with Gasteiger partial charge in [0.05, 0.1) is 6.04 Å². The summed E-state index contributed by atoms with van der Waals surface area (Å²) >= 11 is 11.4. The number of halogens is 1. The van der Waals surface area contributed by atoms with Crippen molar-refractivity contribution in [3.8, 4) is 0 Å². The van der Waals surface area contributed by atoms with Crippen molar-refractivity contribution in [2.75, 3.05) is 6.54 Å². The lowest BCUT2D eigenvalue weighted by Crippen LogP contribution is -2.38. The van der Waals surface area contributed by atoms with Gasteiger partial charge in [0.15, 0.2) is 5.11 Å². The first kappa shape index (κ1) is 14.3. The minimum absolute atomic E-state index is 0.107.